The van der Waals surface area contributed by atoms with Crippen LogP contribution < -0.4 is 5.32 Å². The molecule has 2 amide bonds. The van der Waals surface area contributed by atoms with E-state index in [9.17, 15) is 18.0 Å². The van der Waals surface area contributed by atoms with Crippen LogP contribution in [0.15, 0.2) is 0 Å². The van der Waals surface area contributed by atoms with Gasteiger partial charge in [0, 0.05) is 36.5 Å². The molecule has 9 heteroatoms. The van der Waals surface area contributed by atoms with Crippen molar-refractivity contribution in [1.29, 1.82) is 0 Å². The standard InChI is InChI=1S/C11H20N2O4S3/c1-3-20(16,17)10-7-19-5-4-13(10)11(15)9(6-18)12-8(2)14/h9-10,18H,3-7H2,1-2H3,(H,12,14). The third kappa shape index (κ3) is 4.29. The first-order valence-corrected chi connectivity index (χ1v) is 9.81. The van der Waals surface area contributed by atoms with Crippen LogP contribution in [0.5, 0.6) is 0 Å². The number of thioether (sulfide) groups is 1. The molecular weight excluding hydrogens is 320 g/mol. The van der Waals surface area contributed by atoms with Crippen LogP contribution in [-0.4, -0.2) is 66.1 Å². The Morgan fingerprint density at radius 3 is 2.65 bits per heavy atom. The molecule has 1 aliphatic rings. The molecule has 0 spiro atoms. The summed E-state index contributed by atoms with van der Waals surface area (Å²) in [4.78, 5) is 24.9. The molecule has 2 atom stereocenters. The van der Waals surface area contributed by atoms with Crippen molar-refractivity contribution in [2.45, 2.75) is 25.3 Å². The average Bonchev–Trinajstić information content (AvgIpc) is 2.43. The highest BCUT2D eigenvalue weighted by Crippen LogP contribution is 2.22. The quantitative estimate of drug-likeness (QED) is 0.675. The first-order valence-electron chi connectivity index (χ1n) is 6.31. The lowest BCUT2D eigenvalue weighted by molar-refractivity contribution is -0.135. The Balaban J connectivity index is 2.94. The van der Waals surface area contributed by atoms with Crippen LogP contribution >= 0.6 is 24.4 Å². The zero-order valence-electron chi connectivity index (χ0n) is 11.5. The van der Waals surface area contributed by atoms with Crippen molar-refractivity contribution < 1.29 is 18.0 Å². The van der Waals surface area contributed by atoms with Gasteiger partial charge in [-0.2, -0.15) is 24.4 Å². The SMILES string of the molecule is CCS(=O)(=O)C1CSCCN1C(=O)C(CS)NC(C)=O. The topological polar surface area (TPSA) is 83.6 Å². The summed E-state index contributed by atoms with van der Waals surface area (Å²) in [5.41, 5.74) is 0. The van der Waals surface area contributed by atoms with Crippen molar-refractivity contribution in [3.05, 3.63) is 0 Å². The summed E-state index contributed by atoms with van der Waals surface area (Å²) in [7, 11) is -3.34. The fourth-order valence-corrected chi connectivity index (χ4v) is 5.18. The van der Waals surface area contributed by atoms with Gasteiger partial charge in [-0.3, -0.25) is 9.59 Å². The molecule has 0 aromatic heterocycles. The van der Waals surface area contributed by atoms with Crippen molar-refractivity contribution in [3.63, 3.8) is 0 Å². The van der Waals surface area contributed by atoms with Crippen LogP contribution in [-0.2, 0) is 19.4 Å². The Kier molecular flexibility index (Phi) is 6.67. The van der Waals surface area contributed by atoms with E-state index < -0.39 is 21.3 Å². The number of nitrogens with one attached hydrogen (secondary N) is 1. The summed E-state index contributed by atoms with van der Waals surface area (Å²) in [6.07, 6.45) is 0. The van der Waals surface area contributed by atoms with E-state index in [1.807, 2.05) is 0 Å². The van der Waals surface area contributed by atoms with Crippen LogP contribution in [0.1, 0.15) is 13.8 Å². The normalized spacial score (nSPS) is 21.4. The maximum Gasteiger partial charge on any atom is 0.247 e. The van der Waals surface area contributed by atoms with Gasteiger partial charge in [0.2, 0.25) is 11.8 Å². The number of thiol groups is 1. The molecule has 0 aromatic carbocycles. The number of hydrogen-bond donors (Lipinski definition) is 2. The lowest BCUT2D eigenvalue weighted by atomic mass is 10.2. The Labute approximate surface area is 129 Å². The minimum Gasteiger partial charge on any atom is -0.344 e. The first kappa shape index (κ1) is 17.6. The zero-order chi connectivity index (χ0) is 15.3. The summed E-state index contributed by atoms with van der Waals surface area (Å²) >= 11 is 5.58. The van der Waals surface area contributed by atoms with Crippen LogP contribution in [0.4, 0.5) is 0 Å². The van der Waals surface area contributed by atoms with Crippen molar-refractivity contribution in [2.24, 2.45) is 0 Å². The van der Waals surface area contributed by atoms with Gasteiger partial charge in [0.25, 0.3) is 0 Å². The van der Waals surface area contributed by atoms with Gasteiger partial charge in [-0.25, -0.2) is 8.42 Å². The zero-order valence-corrected chi connectivity index (χ0v) is 14.1. The van der Waals surface area contributed by atoms with Gasteiger partial charge in [0.1, 0.15) is 11.4 Å². The van der Waals surface area contributed by atoms with E-state index in [-0.39, 0.29) is 23.3 Å². The largest absolute Gasteiger partial charge is 0.344 e. The minimum absolute atomic E-state index is 0.00626. The van der Waals surface area contributed by atoms with E-state index in [2.05, 4.69) is 17.9 Å². The summed E-state index contributed by atoms with van der Waals surface area (Å²) < 4.78 is 24.2. The van der Waals surface area contributed by atoms with E-state index in [0.717, 1.165) is 0 Å². The molecule has 0 bridgehead atoms. The summed E-state index contributed by atoms with van der Waals surface area (Å²) in [6.45, 7) is 3.26. The fraction of sp³-hybridized carbons (Fsp3) is 0.818. The third-order valence-electron chi connectivity index (χ3n) is 3.04. The molecule has 1 saturated heterocycles. The van der Waals surface area contributed by atoms with Gasteiger partial charge in [-0.15, -0.1) is 0 Å². The van der Waals surface area contributed by atoms with Gasteiger partial charge in [0.05, 0.1) is 0 Å². The molecule has 116 valence electrons. The third-order valence-corrected chi connectivity index (χ3v) is 6.70. The maximum atomic E-state index is 12.4. The predicted molar refractivity (Wildman–Crippen MR) is 83.7 cm³/mol. The van der Waals surface area contributed by atoms with Gasteiger partial charge in [0.15, 0.2) is 9.84 Å². The fourth-order valence-electron chi connectivity index (χ4n) is 1.95. The lowest BCUT2D eigenvalue weighted by Gasteiger charge is -2.36. The molecule has 0 radical (unpaired) electrons. The summed E-state index contributed by atoms with van der Waals surface area (Å²) in [5, 5.41) is 1.70. The summed E-state index contributed by atoms with van der Waals surface area (Å²) in [5.74, 6) is 0.493. The van der Waals surface area contributed by atoms with Gasteiger partial charge in [-0.1, -0.05) is 6.92 Å². The second-order valence-corrected chi connectivity index (χ2v) is 8.41. The van der Waals surface area contributed by atoms with E-state index >= 15 is 0 Å². The van der Waals surface area contributed by atoms with Crippen molar-refractivity contribution in [2.75, 3.05) is 29.6 Å². The number of nitrogens with zero attached hydrogens (tertiary/aromatic N) is 1. The monoisotopic (exact) mass is 340 g/mol. The molecule has 20 heavy (non-hydrogen) atoms. The molecule has 1 rings (SSSR count). The lowest BCUT2D eigenvalue weighted by Crippen LogP contribution is -2.57. The van der Waals surface area contributed by atoms with Crippen molar-refractivity contribution >= 4 is 46.0 Å². The smallest absolute Gasteiger partial charge is 0.247 e. The van der Waals surface area contributed by atoms with E-state index in [1.54, 1.807) is 6.92 Å². The molecule has 1 heterocycles. The molecule has 0 saturated carbocycles. The Morgan fingerprint density at radius 1 is 1.50 bits per heavy atom. The molecule has 6 nitrogen and oxygen atoms in total. The second-order valence-electron chi connectivity index (χ2n) is 4.45. The highest BCUT2D eigenvalue weighted by Gasteiger charge is 2.38. The van der Waals surface area contributed by atoms with Crippen LogP contribution in [0.2, 0.25) is 0 Å². The molecule has 1 fully saturated rings. The molecule has 0 aromatic rings. The highest BCUT2D eigenvalue weighted by atomic mass is 32.2. The second kappa shape index (κ2) is 7.56. The number of hydrogen-bond acceptors (Lipinski definition) is 6. The number of sulfone groups is 1. The molecular formula is C11H20N2O4S3. The van der Waals surface area contributed by atoms with Crippen molar-refractivity contribution in [3.8, 4) is 0 Å². The van der Waals surface area contributed by atoms with E-state index in [4.69, 9.17) is 0 Å². The van der Waals surface area contributed by atoms with Crippen LogP contribution in [0.3, 0.4) is 0 Å². The predicted octanol–water partition coefficient (Wildman–Crippen LogP) is -0.243. The van der Waals surface area contributed by atoms with Gasteiger partial charge in [-0.05, 0) is 0 Å². The van der Waals surface area contributed by atoms with Gasteiger partial charge < -0.3 is 10.2 Å². The van der Waals surface area contributed by atoms with E-state index in [1.165, 1.54) is 23.6 Å². The average molecular weight is 340 g/mol. The van der Waals surface area contributed by atoms with Crippen molar-refractivity contribution in [1.82, 2.24) is 10.2 Å². The highest BCUT2D eigenvalue weighted by molar-refractivity contribution is 8.01. The molecule has 1 aliphatic heterocycles. The van der Waals surface area contributed by atoms with Crippen LogP contribution in [0, 0.1) is 0 Å². The number of carbonyl (C=O) groups is 2. The maximum absolute atomic E-state index is 12.4. The number of carbonyl (C=O) groups excluding carboxylic acids is 2. The minimum atomic E-state index is -3.34. The summed E-state index contributed by atoms with van der Waals surface area (Å²) in [6, 6.07) is -0.784. The Bertz CT molecular complexity index is 466. The first-order chi connectivity index (χ1) is 9.33. The van der Waals surface area contributed by atoms with Crippen LogP contribution in [0.25, 0.3) is 0 Å². The Hall–Kier alpha value is -0.410. The number of rotatable bonds is 5. The molecule has 2 unspecified atom stereocenters. The Morgan fingerprint density at radius 2 is 2.15 bits per heavy atom. The van der Waals surface area contributed by atoms with Gasteiger partial charge >= 0.3 is 0 Å². The molecule has 1 N–H and O–H groups in total. The number of amides is 2. The molecule has 0 aliphatic carbocycles. The van der Waals surface area contributed by atoms with E-state index in [0.29, 0.717) is 18.1 Å².